The quantitative estimate of drug-likeness (QED) is 0.435. The minimum absolute atomic E-state index is 0.00366. The number of pyridine rings is 1. The summed E-state index contributed by atoms with van der Waals surface area (Å²) >= 11 is 0. The first-order valence-electron chi connectivity index (χ1n) is 12.9. The van der Waals surface area contributed by atoms with E-state index in [9.17, 15) is 9.59 Å². The Kier molecular flexibility index (Phi) is 5.83. The van der Waals surface area contributed by atoms with E-state index in [1.807, 2.05) is 30.7 Å². The lowest BCUT2D eigenvalue weighted by atomic mass is 10.2. The molecule has 1 saturated carbocycles. The summed E-state index contributed by atoms with van der Waals surface area (Å²) in [5.74, 6) is 0.415. The van der Waals surface area contributed by atoms with E-state index >= 15 is 0 Å². The van der Waals surface area contributed by atoms with E-state index in [1.165, 1.54) is 5.69 Å². The van der Waals surface area contributed by atoms with Crippen LogP contribution in [0.3, 0.4) is 0 Å². The van der Waals surface area contributed by atoms with Gasteiger partial charge in [-0.05, 0) is 64.1 Å². The zero-order valence-electron chi connectivity index (χ0n) is 21.5. The summed E-state index contributed by atoms with van der Waals surface area (Å²) in [6.45, 7) is 8.08. The molecule has 1 aliphatic carbocycles. The first kappa shape index (κ1) is 23.5. The molecule has 3 aromatic heterocycles. The second kappa shape index (κ2) is 9.19. The molecule has 2 aliphatic rings. The fourth-order valence-corrected chi connectivity index (χ4v) is 4.93. The first-order chi connectivity index (χ1) is 17.9. The normalized spacial score (nSPS) is 16.6. The van der Waals surface area contributed by atoms with E-state index < -0.39 is 0 Å². The molecule has 10 nitrogen and oxygen atoms in total. The van der Waals surface area contributed by atoms with E-state index in [1.54, 1.807) is 33.8 Å². The molecule has 6 rings (SSSR count). The Balaban J connectivity index is 1.36. The van der Waals surface area contributed by atoms with Gasteiger partial charge in [0, 0.05) is 62.1 Å². The highest BCUT2D eigenvalue weighted by atomic mass is 16.1. The van der Waals surface area contributed by atoms with Crippen molar-refractivity contribution in [3.8, 4) is 5.69 Å². The maximum absolute atomic E-state index is 13.3. The summed E-state index contributed by atoms with van der Waals surface area (Å²) in [4.78, 5) is 39.7. The zero-order valence-corrected chi connectivity index (χ0v) is 21.5. The highest BCUT2D eigenvalue weighted by molar-refractivity contribution is 5.77. The van der Waals surface area contributed by atoms with Gasteiger partial charge in [0.05, 0.1) is 11.7 Å². The third-order valence-corrected chi connectivity index (χ3v) is 7.23. The Morgan fingerprint density at radius 2 is 1.65 bits per heavy atom. The Morgan fingerprint density at radius 1 is 0.946 bits per heavy atom. The van der Waals surface area contributed by atoms with Crippen molar-refractivity contribution in [2.75, 3.05) is 43.4 Å². The van der Waals surface area contributed by atoms with Crippen LogP contribution in [0.5, 0.6) is 0 Å². The average Bonchev–Trinajstić information content (AvgIpc) is 3.69. The number of nitrogens with zero attached hydrogens (tertiary/aromatic N) is 7. The van der Waals surface area contributed by atoms with E-state index in [0.29, 0.717) is 17.0 Å². The summed E-state index contributed by atoms with van der Waals surface area (Å²) in [6, 6.07) is 11.7. The molecule has 0 unspecified atom stereocenters. The molecule has 4 heterocycles. The second-order valence-electron chi connectivity index (χ2n) is 10.3. The van der Waals surface area contributed by atoms with Gasteiger partial charge in [0.1, 0.15) is 5.39 Å². The number of piperazine rings is 1. The minimum atomic E-state index is -0.108. The molecular weight excluding hydrogens is 468 g/mol. The van der Waals surface area contributed by atoms with Crippen molar-refractivity contribution in [2.45, 2.75) is 38.8 Å². The molecule has 1 aromatic carbocycles. The first-order valence-corrected chi connectivity index (χ1v) is 12.9. The van der Waals surface area contributed by atoms with Gasteiger partial charge in [-0.3, -0.25) is 9.59 Å². The standard InChI is InChI=1S/C27H32N8O2/c1-18(2)33-17-22(10-11-24(33)36)34-25-23(26(37)35(34)21-8-9-21)16-28-27(30-25)29-19-4-6-20(7-5-19)32-14-12-31(3)13-15-32/h4-7,10-11,16-18,21H,8-9,12-15H2,1-3H3,(H,28,29,30). The molecule has 37 heavy (non-hydrogen) atoms. The monoisotopic (exact) mass is 500 g/mol. The summed E-state index contributed by atoms with van der Waals surface area (Å²) in [5.41, 5.74) is 3.15. The second-order valence-corrected chi connectivity index (χ2v) is 10.3. The molecule has 4 aromatic rings. The van der Waals surface area contributed by atoms with E-state index in [2.05, 4.69) is 39.3 Å². The largest absolute Gasteiger partial charge is 0.369 e. The maximum Gasteiger partial charge on any atom is 0.278 e. The van der Waals surface area contributed by atoms with Gasteiger partial charge >= 0.3 is 0 Å². The molecule has 0 amide bonds. The van der Waals surface area contributed by atoms with Gasteiger partial charge in [0.25, 0.3) is 11.1 Å². The Labute approximate surface area is 214 Å². The predicted octanol–water partition coefficient (Wildman–Crippen LogP) is 3.16. The number of benzene rings is 1. The number of fused-ring (bicyclic) bond motifs is 1. The Hall–Kier alpha value is -3.92. The molecule has 0 bridgehead atoms. The summed E-state index contributed by atoms with van der Waals surface area (Å²) in [7, 11) is 2.15. The number of anilines is 3. The van der Waals surface area contributed by atoms with Gasteiger partial charge in [-0.15, -0.1) is 0 Å². The van der Waals surface area contributed by atoms with Crippen molar-refractivity contribution in [3.05, 3.63) is 69.5 Å². The molecule has 2 fully saturated rings. The van der Waals surface area contributed by atoms with Gasteiger partial charge in [-0.2, -0.15) is 4.98 Å². The molecular formula is C27H32N8O2. The van der Waals surface area contributed by atoms with Crippen LogP contribution in [0, 0.1) is 0 Å². The number of hydrogen-bond acceptors (Lipinski definition) is 7. The smallest absolute Gasteiger partial charge is 0.278 e. The highest BCUT2D eigenvalue weighted by Crippen LogP contribution is 2.35. The van der Waals surface area contributed by atoms with Crippen LogP contribution in [0.2, 0.25) is 0 Å². The van der Waals surface area contributed by atoms with Gasteiger partial charge in [-0.1, -0.05) is 0 Å². The topological polar surface area (TPSA) is 93.2 Å². The molecule has 10 heteroatoms. The predicted molar refractivity (Wildman–Crippen MR) is 145 cm³/mol. The minimum Gasteiger partial charge on any atom is -0.369 e. The van der Waals surface area contributed by atoms with Crippen molar-refractivity contribution >= 4 is 28.4 Å². The van der Waals surface area contributed by atoms with Crippen LogP contribution in [0.25, 0.3) is 16.7 Å². The SMILES string of the molecule is CC(C)n1cc(-n2c3nc(Nc4ccc(N5CCN(C)CC5)cc4)ncc3c(=O)n2C2CC2)ccc1=O. The van der Waals surface area contributed by atoms with Gasteiger partial charge in [-0.25, -0.2) is 14.3 Å². The fraction of sp³-hybridized carbons (Fsp3) is 0.407. The lowest BCUT2D eigenvalue weighted by molar-refractivity contribution is 0.313. The summed E-state index contributed by atoms with van der Waals surface area (Å²) in [6.07, 6.45) is 5.28. The fourth-order valence-electron chi connectivity index (χ4n) is 4.93. The highest BCUT2D eigenvalue weighted by Gasteiger charge is 2.31. The van der Waals surface area contributed by atoms with Crippen molar-refractivity contribution in [1.29, 1.82) is 0 Å². The van der Waals surface area contributed by atoms with E-state index in [-0.39, 0.29) is 23.2 Å². The summed E-state index contributed by atoms with van der Waals surface area (Å²) in [5, 5.41) is 3.76. The number of hydrogen-bond donors (Lipinski definition) is 1. The Morgan fingerprint density at radius 3 is 2.32 bits per heavy atom. The maximum atomic E-state index is 13.3. The molecule has 0 spiro atoms. The van der Waals surface area contributed by atoms with Crippen LogP contribution in [0.15, 0.2) is 58.4 Å². The number of nitrogens with one attached hydrogen (secondary N) is 1. The molecule has 1 N–H and O–H groups in total. The van der Waals surface area contributed by atoms with Crippen LogP contribution < -0.4 is 21.3 Å². The van der Waals surface area contributed by atoms with Crippen LogP contribution in [0.1, 0.15) is 38.8 Å². The number of aromatic nitrogens is 5. The van der Waals surface area contributed by atoms with Gasteiger partial charge in [0.15, 0.2) is 5.65 Å². The van der Waals surface area contributed by atoms with Crippen LogP contribution in [-0.2, 0) is 0 Å². The van der Waals surface area contributed by atoms with Gasteiger partial charge < -0.3 is 19.7 Å². The van der Waals surface area contributed by atoms with Crippen molar-refractivity contribution in [3.63, 3.8) is 0 Å². The zero-order chi connectivity index (χ0) is 25.7. The van der Waals surface area contributed by atoms with Crippen LogP contribution in [-0.4, -0.2) is 62.0 Å². The third kappa shape index (κ3) is 4.42. The number of rotatable bonds is 6. The third-order valence-electron chi connectivity index (χ3n) is 7.23. The number of likely N-dealkylation sites (N-methyl/N-ethyl adjacent to an activating group) is 1. The van der Waals surface area contributed by atoms with Crippen molar-refractivity contribution in [1.82, 2.24) is 28.8 Å². The van der Waals surface area contributed by atoms with E-state index in [4.69, 9.17) is 4.98 Å². The molecule has 0 radical (unpaired) electrons. The van der Waals surface area contributed by atoms with Crippen molar-refractivity contribution in [2.24, 2.45) is 0 Å². The lowest BCUT2D eigenvalue weighted by Crippen LogP contribution is -2.44. The lowest BCUT2D eigenvalue weighted by Gasteiger charge is -2.34. The Bertz CT molecular complexity index is 1550. The van der Waals surface area contributed by atoms with Crippen LogP contribution >= 0.6 is 0 Å². The van der Waals surface area contributed by atoms with E-state index in [0.717, 1.165) is 50.4 Å². The van der Waals surface area contributed by atoms with Crippen LogP contribution in [0.4, 0.5) is 17.3 Å². The molecule has 1 aliphatic heterocycles. The molecule has 0 atom stereocenters. The van der Waals surface area contributed by atoms with Crippen molar-refractivity contribution < 1.29 is 0 Å². The van der Waals surface area contributed by atoms with Gasteiger partial charge in [0.2, 0.25) is 5.95 Å². The molecule has 192 valence electrons. The summed E-state index contributed by atoms with van der Waals surface area (Å²) < 4.78 is 5.28. The molecule has 1 saturated heterocycles. The average molecular weight is 501 g/mol.